The molecule has 0 unspecified atom stereocenters. The topological polar surface area (TPSA) is 115 Å². The molecule has 0 saturated carbocycles. The van der Waals surface area contributed by atoms with E-state index in [0.29, 0.717) is 18.0 Å². The van der Waals surface area contributed by atoms with E-state index in [0.717, 1.165) is 12.8 Å². The van der Waals surface area contributed by atoms with E-state index in [1.807, 2.05) is 0 Å². The second kappa shape index (κ2) is 11.4. The number of ketones is 1. The van der Waals surface area contributed by atoms with Crippen molar-refractivity contribution in [2.45, 2.75) is 17.7 Å². The SMILES string of the molecule is CSc1ccc(C(=O)c2ccccc2C(=O)NCCCCN)cc1[N+](=O)[O-].Cl. The number of nitro benzene ring substituents is 1. The number of rotatable bonds is 9. The van der Waals surface area contributed by atoms with E-state index in [-0.39, 0.29) is 40.7 Å². The van der Waals surface area contributed by atoms with Crippen molar-refractivity contribution < 1.29 is 14.5 Å². The lowest BCUT2D eigenvalue weighted by molar-refractivity contribution is -0.387. The van der Waals surface area contributed by atoms with Crippen LogP contribution in [0.3, 0.4) is 0 Å². The van der Waals surface area contributed by atoms with Gasteiger partial charge in [-0.2, -0.15) is 0 Å². The Morgan fingerprint density at radius 1 is 1.14 bits per heavy atom. The second-order valence-corrected chi connectivity index (χ2v) is 6.62. The van der Waals surface area contributed by atoms with Gasteiger partial charge in [-0.25, -0.2) is 0 Å². The zero-order chi connectivity index (χ0) is 19.8. The molecule has 2 aromatic rings. The average Bonchev–Trinajstić information content (AvgIpc) is 2.70. The predicted molar refractivity (Wildman–Crippen MR) is 113 cm³/mol. The lowest BCUT2D eigenvalue weighted by Gasteiger charge is -2.10. The Labute approximate surface area is 173 Å². The minimum absolute atomic E-state index is 0. The van der Waals surface area contributed by atoms with E-state index in [9.17, 15) is 19.7 Å². The Morgan fingerprint density at radius 3 is 2.43 bits per heavy atom. The molecule has 0 spiro atoms. The summed E-state index contributed by atoms with van der Waals surface area (Å²) in [7, 11) is 0. The first-order valence-corrected chi connectivity index (χ1v) is 9.66. The van der Waals surface area contributed by atoms with Gasteiger partial charge >= 0.3 is 0 Å². The summed E-state index contributed by atoms with van der Waals surface area (Å²) in [6.45, 7) is 1.02. The number of nitrogens with one attached hydrogen (secondary N) is 1. The zero-order valence-corrected chi connectivity index (χ0v) is 17.0. The van der Waals surface area contributed by atoms with Crippen LogP contribution in [0.2, 0.25) is 0 Å². The van der Waals surface area contributed by atoms with E-state index >= 15 is 0 Å². The number of hydrogen-bond acceptors (Lipinski definition) is 6. The van der Waals surface area contributed by atoms with E-state index < -0.39 is 10.7 Å². The Hall–Kier alpha value is -2.42. The van der Waals surface area contributed by atoms with Crippen molar-refractivity contribution in [2.75, 3.05) is 19.3 Å². The molecule has 0 atom stereocenters. The van der Waals surface area contributed by atoms with Crippen LogP contribution in [-0.2, 0) is 0 Å². The maximum absolute atomic E-state index is 12.9. The molecular formula is C19H22ClN3O4S. The molecule has 2 aromatic carbocycles. The molecule has 9 heteroatoms. The highest BCUT2D eigenvalue weighted by atomic mass is 35.5. The summed E-state index contributed by atoms with van der Waals surface area (Å²) in [6.07, 6.45) is 3.28. The van der Waals surface area contributed by atoms with Gasteiger partial charge in [-0.05, 0) is 43.8 Å². The van der Waals surface area contributed by atoms with Crippen molar-refractivity contribution in [3.05, 3.63) is 69.3 Å². The van der Waals surface area contributed by atoms with E-state index in [4.69, 9.17) is 5.73 Å². The van der Waals surface area contributed by atoms with Crippen LogP contribution in [-0.4, -0.2) is 36.0 Å². The number of amides is 1. The van der Waals surface area contributed by atoms with Crippen LogP contribution in [0.15, 0.2) is 47.4 Å². The predicted octanol–water partition coefficient (Wildman–Crippen LogP) is 3.44. The number of nitrogens with two attached hydrogens (primary N) is 1. The third-order valence-electron chi connectivity index (χ3n) is 3.97. The summed E-state index contributed by atoms with van der Waals surface area (Å²) in [5.41, 5.74) is 5.92. The summed E-state index contributed by atoms with van der Waals surface area (Å²) < 4.78 is 0. The third kappa shape index (κ3) is 5.79. The van der Waals surface area contributed by atoms with Crippen LogP contribution in [0, 0.1) is 10.1 Å². The van der Waals surface area contributed by atoms with Crippen molar-refractivity contribution in [3.63, 3.8) is 0 Å². The highest BCUT2D eigenvalue weighted by Gasteiger charge is 2.21. The van der Waals surface area contributed by atoms with Gasteiger partial charge in [0.2, 0.25) is 0 Å². The lowest BCUT2D eigenvalue weighted by atomic mass is 9.97. The maximum atomic E-state index is 12.9. The molecule has 0 bridgehead atoms. The highest BCUT2D eigenvalue weighted by Crippen LogP contribution is 2.29. The van der Waals surface area contributed by atoms with Crippen molar-refractivity contribution in [3.8, 4) is 0 Å². The van der Waals surface area contributed by atoms with E-state index in [2.05, 4.69) is 5.32 Å². The standard InChI is InChI=1S/C19H21N3O4S.ClH/c1-27-17-9-8-13(12-16(17)22(25)26)18(23)14-6-2-3-7-15(14)19(24)21-11-5-4-10-20;/h2-3,6-9,12H,4-5,10-11,20H2,1H3,(H,21,24);1H. The molecule has 0 aliphatic heterocycles. The van der Waals surface area contributed by atoms with Crippen molar-refractivity contribution >= 4 is 41.5 Å². The normalized spacial score (nSPS) is 10.1. The third-order valence-corrected chi connectivity index (χ3v) is 4.76. The molecule has 1 amide bonds. The molecule has 2 rings (SSSR count). The first kappa shape index (κ1) is 23.6. The van der Waals surface area contributed by atoms with Crippen molar-refractivity contribution in [1.82, 2.24) is 5.32 Å². The molecule has 0 radical (unpaired) electrons. The Bertz CT molecular complexity index is 861. The molecule has 0 aliphatic rings. The summed E-state index contributed by atoms with van der Waals surface area (Å²) in [6, 6.07) is 10.8. The number of nitro groups is 1. The molecule has 28 heavy (non-hydrogen) atoms. The first-order valence-electron chi connectivity index (χ1n) is 8.44. The Morgan fingerprint density at radius 2 is 1.82 bits per heavy atom. The number of halogens is 1. The van der Waals surface area contributed by atoms with Gasteiger partial charge in [-0.1, -0.05) is 18.2 Å². The van der Waals surface area contributed by atoms with Crippen molar-refractivity contribution in [2.24, 2.45) is 5.73 Å². The first-order chi connectivity index (χ1) is 13.0. The molecule has 0 saturated heterocycles. The molecule has 150 valence electrons. The number of unbranched alkanes of at least 4 members (excludes halogenated alkanes) is 1. The summed E-state index contributed by atoms with van der Waals surface area (Å²) in [5.74, 6) is -0.787. The minimum atomic E-state index is -0.515. The van der Waals surface area contributed by atoms with E-state index in [1.165, 1.54) is 23.9 Å². The van der Waals surface area contributed by atoms with Crippen LogP contribution >= 0.6 is 24.2 Å². The molecule has 0 fully saturated rings. The van der Waals surface area contributed by atoms with Gasteiger partial charge < -0.3 is 11.1 Å². The zero-order valence-electron chi connectivity index (χ0n) is 15.3. The van der Waals surface area contributed by atoms with Gasteiger partial charge in [0, 0.05) is 23.7 Å². The lowest BCUT2D eigenvalue weighted by Crippen LogP contribution is -2.26. The van der Waals surface area contributed by atoms with Crippen LogP contribution in [0.25, 0.3) is 0 Å². The smallest absolute Gasteiger partial charge is 0.283 e. The van der Waals surface area contributed by atoms with E-state index in [1.54, 1.807) is 36.6 Å². The maximum Gasteiger partial charge on any atom is 0.283 e. The van der Waals surface area contributed by atoms with Gasteiger partial charge in [-0.3, -0.25) is 19.7 Å². The molecular weight excluding hydrogens is 402 g/mol. The highest BCUT2D eigenvalue weighted by molar-refractivity contribution is 7.98. The summed E-state index contributed by atoms with van der Waals surface area (Å²) >= 11 is 1.24. The number of nitrogens with zero attached hydrogens (tertiary/aromatic N) is 1. The van der Waals surface area contributed by atoms with Gasteiger partial charge in [0.25, 0.3) is 11.6 Å². The van der Waals surface area contributed by atoms with Crippen molar-refractivity contribution in [1.29, 1.82) is 0 Å². The minimum Gasteiger partial charge on any atom is -0.352 e. The average molecular weight is 424 g/mol. The Balaban J connectivity index is 0.00000392. The fourth-order valence-electron chi connectivity index (χ4n) is 2.58. The van der Waals surface area contributed by atoms with Crippen LogP contribution < -0.4 is 11.1 Å². The largest absolute Gasteiger partial charge is 0.352 e. The number of benzene rings is 2. The van der Waals surface area contributed by atoms with Gasteiger partial charge in [0.15, 0.2) is 5.78 Å². The monoisotopic (exact) mass is 423 g/mol. The van der Waals surface area contributed by atoms with Crippen LogP contribution in [0.5, 0.6) is 0 Å². The molecule has 0 heterocycles. The molecule has 0 aromatic heterocycles. The fraction of sp³-hybridized carbons (Fsp3) is 0.263. The van der Waals surface area contributed by atoms with Gasteiger partial charge in [0.05, 0.1) is 15.4 Å². The number of hydrogen-bond donors (Lipinski definition) is 2. The number of carbonyl (C=O) groups is 2. The summed E-state index contributed by atoms with van der Waals surface area (Å²) in [4.78, 5) is 36.5. The van der Waals surface area contributed by atoms with Crippen LogP contribution in [0.4, 0.5) is 5.69 Å². The fourth-order valence-corrected chi connectivity index (χ4v) is 3.12. The van der Waals surface area contributed by atoms with Gasteiger partial charge in [0.1, 0.15) is 0 Å². The molecule has 7 nitrogen and oxygen atoms in total. The summed E-state index contributed by atoms with van der Waals surface area (Å²) in [5, 5.41) is 14.0. The van der Waals surface area contributed by atoms with Crippen LogP contribution in [0.1, 0.15) is 39.1 Å². The molecule has 3 N–H and O–H groups in total. The van der Waals surface area contributed by atoms with Gasteiger partial charge in [-0.15, -0.1) is 24.2 Å². The number of thioether (sulfide) groups is 1. The molecule has 0 aliphatic carbocycles. The number of carbonyl (C=O) groups excluding carboxylic acids is 2. The Kier molecular flexibility index (Phi) is 9.64. The second-order valence-electron chi connectivity index (χ2n) is 5.77. The quantitative estimate of drug-likeness (QED) is 0.210.